The van der Waals surface area contributed by atoms with Crippen molar-refractivity contribution in [1.82, 2.24) is 0 Å². The van der Waals surface area contributed by atoms with E-state index in [4.69, 9.17) is 0 Å². The van der Waals surface area contributed by atoms with Crippen molar-refractivity contribution in [3.05, 3.63) is 35.1 Å². The fourth-order valence-corrected chi connectivity index (χ4v) is 1.17. The van der Waals surface area contributed by atoms with Crippen LogP contribution < -0.4 is 0 Å². The van der Waals surface area contributed by atoms with Crippen molar-refractivity contribution in [2.75, 3.05) is 0 Å². The second-order valence-electron chi connectivity index (χ2n) is 3.40. The fraction of sp³-hybridized carbons (Fsp3) is 0.364. The highest BCUT2D eigenvalue weighted by atomic mass is 19.2. The third kappa shape index (κ3) is 2.19. The molecule has 0 saturated carbocycles. The van der Waals surface area contributed by atoms with E-state index in [1.165, 1.54) is 0 Å². The Morgan fingerprint density at radius 1 is 1.27 bits per heavy atom. The highest BCUT2D eigenvalue weighted by molar-refractivity contribution is 5.97. The average molecular weight is 216 g/mol. The predicted molar refractivity (Wildman–Crippen MR) is 50.1 cm³/mol. The third-order valence-electron chi connectivity index (χ3n) is 2.36. The summed E-state index contributed by atoms with van der Waals surface area (Å²) < 4.78 is 38.6. The molecule has 1 aromatic carbocycles. The third-order valence-corrected chi connectivity index (χ3v) is 2.36. The maximum Gasteiger partial charge on any atom is 0.195 e. The van der Waals surface area contributed by atoms with Gasteiger partial charge < -0.3 is 0 Å². The molecule has 1 aromatic rings. The van der Waals surface area contributed by atoms with Crippen molar-refractivity contribution >= 4 is 5.78 Å². The molecule has 82 valence electrons. The van der Waals surface area contributed by atoms with Crippen molar-refractivity contribution < 1.29 is 18.0 Å². The molecule has 4 heteroatoms. The van der Waals surface area contributed by atoms with Crippen LogP contribution >= 0.6 is 0 Å². The Bertz CT molecular complexity index is 388. The van der Waals surface area contributed by atoms with Gasteiger partial charge in [-0.05, 0) is 18.6 Å². The fourth-order valence-electron chi connectivity index (χ4n) is 1.17. The lowest BCUT2D eigenvalue weighted by atomic mass is 9.97. The van der Waals surface area contributed by atoms with Crippen LogP contribution in [0.2, 0.25) is 0 Å². The van der Waals surface area contributed by atoms with E-state index >= 15 is 0 Å². The zero-order valence-electron chi connectivity index (χ0n) is 8.48. The summed E-state index contributed by atoms with van der Waals surface area (Å²) in [4.78, 5) is 11.5. The van der Waals surface area contributed by atoms with Gasteiger partial charge >= 0.3 is 0 Å². The minimum absolute atomic E-state index is 0.386. The lowest BCUT2D eigenvalue weighted by Crippen LogP contribution is -2.13. The van der Waals surface area contributed by atoms with Gasteiger partial charge in [0.05, 0.1) is 5.56 Å². The molecule has 0 spiro atoms. The first-order chi connectivity index (χ1) is 6.99. The molecule has 1 nitrogen and oxygen atoms in total. The lowest BCUT2D eigenvalue weighted by molar-refractivity contribution is 0.0922. The molecule has 0 N–H and O–H groups in total. The Hall–Kier alpha value is -1.32. The Labute approximate surface area is 85.9 Å². The smallest absolute Gasteiger partial charge is 0.195 e. The standard InChI is InChI=1S/C11H11F3O/c1-3-6(2)11(15)7-4-5-8(12)10(14)9(7)13/h4-6H,3H2,1-2H3. The van der Waals surface area contributed by atoms with Gasteiger partial charge in [-0.2, -0.15) is 0 Å². The van der Waals surface area contributed by atoms with Crippen molar-refractivity contribution in [2.45, 2.75) is 20.3 Å². The van der Waals surface area contributed by atoms with Crippen LogP contribution in [0.3, 0.4) is 0 Å². The molecular formula is C11H11F3O. The van der Waals surface area contributed by atoms with Gasteiger partial charge in [-0.25, -0.2) is 13.2 Å². The molecule has 1 atom stereocenters. The summed E-state index contributed by atoms with van der Waals surface area (Å²) in [6.07, 6.45) is 0.525. The number of benzene rings is 1. The molecule has 0 saturated heterocycles. The summed E-state index contributed by atoms with van der Waals surface area (Å²) >= 11 is 0. The summed E-state index contributed by atoms with van der Waals surface area (Å²) in [6.45, 7) is 3.38. The molecule has 15 heavy (non-hydrogen) atoms. The minimum atomic E-state index is -1.59. The molecule has 0 bridgehead atoms. The van der Waals surface area contributed by atoms with Gasteiger partial charge in [0.25, 0.3) is 0 Å². The Morgan fingerprint density at radius 3 is 2.40 bits per heavy atom. The molecule has 0 aromatic heterocycles. The van der Waals surface area contributed by atoms with Crippen LogP contribution in [0.4, 0.5) is 13.2 Å². The highest BCUT2D eigenvalue weighted by Gasteiger charge is 2.21. The molecule has 0 amide bonds. The number of hydrogen-bond acceptors (Lipinski definition) is 1. The molecule has 0 heterocycles. The summed E-state index contributed by atoms with van der Waals surface area (Å²) in [7, 11) is 0. The first kappa shape index (κ1) is 11.8. The Morgan fingerprint density at radius 2 is 1.87 bits per heavy atom. The van der Waals surface area contributed by atoms with E-state index in [0.717, 1.165) is 12.1 Å². The molecule has 1 unspecified atom stereocenters. The maximum atomic E-state index is 13.2. The number of rotatable bonds is 3. The maximum absolute atomic E-state index is 13.2. The molecule has 0 fully saturated rings. The second-order valence-corrected chi connectivity index (χ2v) is 3.40. The zero-order valence-corrected chi connectivity index (χ0v) is 8.48. The molecule has 0 aliphatic carbocycles. The van der Waals surface area contributed by atoms with E-state index in [0.29, 0.717) is 6.42 Å². The number of ketones is 1. The highest BCUT2D eigenvalue weighted by Crippen LogP contribution is 2.19. The van der Waals surface area contributed by atoms with Crippen LogP contribution in [-0.4, -0.2) is 5.78 Å². The first-order valence-electron chi connectivity index (χ1n) is 4.66. The topological polar surface area (TPSA) is 17.1 Å². The average Bonchev–Trinajstić information content (AvgIpc) is 2.24. The Kier molecular flexibility index (Phi) is 3.50. The van der Waals surface area contributed by atoms with E-state index in [2.05, 4.69) is 0 Å². The van der Waals surface area contributed by atoms with Gasteiger partial charge in [-0.3, -0.25) is 4.79 Å². The number of hydrogen-bond donors (Lipinski definition) is 0. The summed E-state index contributed by atoms with van der Waals surface area (Å²) in [6, 6.07) is 1.73. The van der Waals surface area contributed by atoms with E-state index in [1.54, 1.807) is 13.8 Å². The molecule has 0 radical (unpaired) electrons. The number of halogens is 3. The van der Waals surface area contributed by atoms with Crippen molar-refractivity contribution in [3.63, 3.8) is 0 Å². The lowest BCUT2D eigenvalue weighted by Gasteiger charge is -2.08. The molecular weight excluding hydrogens is 205 g/mol. The second kappa shape index (κ2) is 4.47. The van der Waals surface area contributed by atoms with Crippen LogP contribution in [0.15, 0.2) is 12.1 Å². The molecule has 0 aliphatic rings. The monoisotopic (exact) mass is 216 g/mol. The van der Waals surface area contributed by atoms with Crippen molar-refractivity contribution in [1.29, 1.82) is 0 Å². The number of Topliss-reactive ketones (excluding diaryl/α,β-unsaturated/α-hetero) is 1. The SMILES string of the molecule is CCC(C)C(=O)c1ccc(F)c(F)c1F. The minimum Gasteiger partial charge on any atom is -0.294 e. The van der Waals surface area contributed by atoms with E-state index in [-0.39, 0.29) is 5.56 Å². The van der Waals surface area contributed by atoms with Gasteiger partial charge in [-0.15, -0.1) is 0 Å². The summed E-state index contributed by atoms with van der Waals surface area (Å²) in [5.74, 6) is -5.18. The van der Waals surface area contributed by atoms with Gasteiger partial charge in [0.1, 0.15) is 0 Å². The van der Waals surface area contributed by atoms with Gasteiger partial charge in [0.2, 0.25) is 0 Å². The van der Waals surface area contributed by atoms with Crippen LogP contribution in [0.25, 0.3) is 0 Å². The number of carbonyl (C=O) groups is 1. The largest absolute Gasteiger partial charge is 0.294 e. The first-order valence-corrected chi connectivity index (χ1v) is 4.66. The van der Waals surface area contributed by atoms with Crippen LogP contribution in [0, 0.1) is 23.4 Å². The predicted octanol–water partition coefficient (Wildman–Crippen LogP) is 3.33. The van der Waals surface area contributed by atoms with E-state index in [9.17, 15) is 18.0 Å². The number of carbonyl (C=O) groups excluding carboxylic acids is 1. The Balaban J connectivity index is 3.16. The van der Waals surface area contributed by atoms with Crippen molar-refractivity contribution in [3.8, 4) is 0 Å². The van der Waals surface area contributed by atoms with Crippen LogP contribution in [-0.2, 0) is 0 Å². The van der Waals surface area contributed by atoms with Crippen LogP contribution in [0.1, 0.15) is 30.6 Å². The van der Waals surface area contributed by atoms with Gasteiger partial charge in [-0.1, -0.05) is 13.8 Å². The summed E-state index contributed by atoms with van der Waals surface area (Å²) in [5.41, 5.74) is -0.386. The summed E-state index contributed by atoms with van der Waals surface area (Å²) in [5, 5.41) is 0. The molecule has 0 aliphatic heterocycles. The normalized spacial score (nSPS) is 12.6. The van der Waals surface area contributed by atoms with Gasteiger partial charge in [0.15, 0.2) is 23.2 Å². The van der Waals surface area contributed by atoms with Crippen LogP contribution in [0.5, 0.6) is 0 Å². The van der Waals surface area contributed by atoms with E-state index < -0.39 is 29.2 Å². The zero-order chi connectivity index (χ0) is 11.6. The molecule has 1 rings (SSSR count). The van der Waals surface area contributed by atoms with Crippen molar-refractivity contribution in [2.24, 2.45) is 5.92 Å². The van der Waals surface area contributed by atoms with E-state index in [1.807, 2.05) is 0 Å². The van der Waals surface area contributed by atoms with Gasteiger partial charge in [0, 0.05) is 5.92 Å². The quantitative estimate of drug-likeness (QED) is 0.559.